The van der Waals surface area contributed by atoms with Gasteiger partial charge in [-0.25, -0.2) is 4.79 Å². The van der Waals surface area contributed by atoms with Gasteiger partial charge < -0.3 is 10.3 Å². The fourth-order valence-corrected chi connectivity index (χ4v) is 1.41. The molecule has 0 aliphatic carbocycles. The molecule has 0 saturated heterocycles. The smallest absolute Gasteiger partial charge is 0.441 e. The van der Waals surface area contributed by atoms with Crippen molar-refractivity contribution in [2.45, 2.75) is 47.1 Å². The molecule has 5 heteroatoms. The quantitative estimate of drug-likeness (QED) is 0.242. The van der Waals surface area contributed by atoms with Crippen LogP contribution in [-0.2, 0) is 14.3 Å². The molecule has 0 fully saturated rings. The van der Waals surface area contributed by atoms with Gasteiger partial charge in [-0.1, -0.05) is 27.7 Å². The number of ether oxygens (including phenoxy) is 1. The molecule has 0 rings (SSSR count). The second-order valence-electron chi connectivity index (χ2n) is 4.89. The molecule has 0 saturated carbocycles. The third-order valence-electron chi connectivity index (χ3n) is 3.23. The Morgan fingerprint density at radius 1 is 1.18 bits per heavy atom. The molecule has 0 N–H and O–H groups in total. The minimum Gasteiger partial charge on any atom is -0.450 e. The van der Waals surface area contributed by atoms with E-state index in [-0.39, 0.29) is 11.8 Å². The highest BCUT2D eigenvalue weighted by Crippen LogP contribution is 2.30. The largest absolute Gasteiger partial charge is 0.450 e. The Balaban J connectivity index is 5.12. The van der Waals surface area contributed by atoms with Crippen LogP contribution >= 0.6 is 0 Å². The van der Waals surface area contributed by atoms with Crippen LogP contribution in [0.25, 0.3) is 5.53 Å². The predicted octanol–water partition coefficient (Wildman–Crippen LogP) is 1.86. The van der Waals surface area contributed by atoms with Gasteiger partial charge in [-0.2, -0.15) is 4.79 Å². The van der Waals surface area contributed by atoms with Crippen molar-refractivity contribution in [3.05, 3.63) is 5.53 Å². The molecule has 5 nitrogen and oxygen atoms in total. The Hall–Kier alpha value is -1.48. The van der Waals surface area contributed by atoms with Crippen molar-refractivity contribution in [3.63, 3.8) is 0 Å². The highest BCUT2D eigenvalue weighted by molar-refractivity contribution is 6.61. The number of Topliss-reactive ketones (excluding diaryl/α,β-unsaturated/α-hetero) is 1. The van der Waals surface area contributed by atoms with E-state index >= 15 is 0 Å². The Morgan fingerprint density at radius 3 is 1.82 bits per heavy atom. The van der Waals surface area contributed by atoms with Gasteiger partial charge in [-0.05, 0) is 18.8 Å². The lowest BCUT2D eigenvalue weighted by atomic mass is 9.82. The zero-order valence-corrected chi connectivity index (χ0v) is 11.3. The van der Waals surface area contributed by atoms with Crippen LogP contribution in [0, 0.1) is 11.8 Å². The Morgan fingerprint density at radius 2 is 1.59 bits per heavy atom. The number of carbonyl (C=O) groups excluding carboxylic acids is 2. The number of rotatable bonds is 5. The maximum absolute atomic E-state index is 11.7. The summed E-state index contributed by atoms with van der Waals surface area (Å²) in [5, 5.41) is 0. The molecule has 17 heavy (non-hydrogen) atoms. The molecule has 0 amide bonds. The summed E-state index contributed by atoms with van der Waals surface area (Å²) in [7, 11) is 0. The van der Waals surface area contributed by atoms with Gasteiger partial charge in [-0.15, -0.1) is 0 Å². The Bertz CT molecular complexity index is 358. The number of esters is 1. The molecule has 0 heterocycles. The summed E-state index contributed by atoms with van der Waals surface area (Å²) in [6, 6.07) is 0. The van der Waals surface area contributed by atoms with Gasteiger partial charge in [-0.3, -0.25) is 4.79 Å². The fourth-order valence-electron chi connectivity index (χ4n) is 1.41. The summed E-state index contributed by atoms with van der Waals surface area (Å²) in [5.74, 6) is -1.34. The normalized spacial score (nSPS) is 11.3. The molecular weight excluding hydrogens is 220 g/mol. The summed E-state index contributed by atoms with van der Waals surface area (Å²) >= 11 is 0. The second kappa shape index (κ2) is 5.73. The highest BCUT2D eigenvalue weighted by atomic mass is 16.6. The Kier molecular flexibility index (Phi) is 5.23. The summed E-state index contributed by atoms with van der Waals surface area (Å²) in [5.41, 5.74) is 7.33. The van der Waals surface area contributed by atoms with E-state index in [0.717, 1.165) is 6.92 Å². The molecule has 0 aromatic rings. The molecule has 0 aliphatic rings. The molecule has 0 bridgehead atoms. The van der Waals surface area contributed by atoms with Crippen molar-refractivity contribution in [3.8, 4) is 0 Å². The van der Waals surface area contributed by atoms with Crippen molar-refractivity contribution < 1.29 is 19.1 Å². The first-order valence-corrected chi connectivity index (χ1v) is 5.63. The fraction of sp³-hybridized carbons (Fsp3) is 0.750. The van der Waals surface area contributed by atoms with Crippen LogP contribution in [0.15, 0.2) is 0 Å². The predicted molar refractivity (Wildman–Crippen MR) is 63.5 cm³/mol. The topological polar surface area (TPSA) is 79.8 Å². The minimum absolute atomic E-state index is 0.0818. The van der Waals surface area contributed by atoms with Crippen molar-refractivity contribution in [1.29, 1.82) is 0 Å². The van der Waals surface area contributed by atoms with Gasteiger partial charge in [0.1, 0.15) is 5.60 Å². The highest BCUT2D eigenvalue weighted by Gasteiger charge is 2.40. The summed E-state index contributed by atoms with van der Waals surface area (Å²) in [4.78, 5) is 25.4. The molecule has 0 radical (unpaired) electrons. The standard InChI is InChI=1S/C12H20N2O3/c1-7(2)12(6,8(3)4)17-11(16)10(14-13)9(5)15/h7-8H,1-6H3. The van der Waals surface area contributed by atoms with E-state index < -0.39 is 23.1 Å². The zero-order chi connectivity index (χ0) is 13.8. The molecule has 96 valence electrons. The second-order valence-corrected chi connectivity index (χ2v) is 4.89. The van der Waals surface area contributed by atoms with Gasteiger partial charge in [0.25, 0.3) is 0 Å². The molecule has 0 aromatic carbocycles. The summed E-state index contributed by atoms with van der Waals surface area (Å²) < 4.78 is 5.32. The third-order valence-corrected chi connectivity index (χ3v) is 3.23. The van der Waals surface area contributed by atoms with E-state index in [4.69, 9.17) is 10.3 Å². The monoisotopic (exact) mass is 240 g/mol. The lowest BCUT2D eigenvalue weighted by Gasteiger charge is -2.36. The number of ketones is 1. The Labute approximate surface area is 102 Å². The average Bonchev–Trinajstić information content (AvgIpc) is 2.16. The molecule has 0 aliphatic heterocycles. The van der Waals surface area contributed by atoms with Crippen LogP contribution in [0.3, 0.4) is 0 Å². The van der Waals surface area contributed by atoms with Crippen molar-refractivity contribution >= 4 is 17.5 Å². The van der Waals surface area contributed by atoms with E-state index in [9.17, 15) is 9.59 Å². The molecule has 0 atom stereocenters. The van der Waals surface area contributed by atoms with Crippen LogP contribution in [0.5, 0.6) is 0 Å². The average molecular weight is 240 g/mol. The van der Waals surface area contributed by atoms with Crippen LogP contribution in [0.1, 0.15) is 41.5 Å². The van der Waals surface area contributed by atoms with Crippen molar-refractivity contribution in [2.24, 2.45) is 11.8 Å². The van der Waals surface area contributed by atoms with Crippen molar-refractivity contribution in [1.82, 2.24) is 0 Å². The number of nitrogens with zero attached hydrogens (tertiary/aromatic N) is 2. The van der Waals surface area contributed by atoms with Crippen LogP contribution in [0.4, 0.5) is 0 Å². The van der Waals surface area contributed by atoms with E-state index in [1.807, 2.05) is 27.7 Å². The number of carbonyl (C=O) groups is 2. The molecular formula is C12H20N2O3. The van der Waals surface area contributed by atoms with Gasteiger partial charge in [0.05, 0.1) is 0 Å². The van der Waals surface area contributed by atoms with Gasteiger partial charge in [0.2, 0.25) is 5.78 Å². The lowest BCUT2D eigenvalue weighted by molar-refractivity contribution is -0.165. The summed E-state index contributed by atoms with van der Waals surface area (Å²) in [6.07, 6.45) is 0. The minimum atomic E-state index is -0.884. The maximum atomic E-state index is 11.7. The first-order chi connectivity index (χ1) is 7.66. The van der Waals surface area contributed by atoms with E-state index in [0.29, 0.717) is 0 Å². The van der Waals surface area contributed by atoms with Gasteiger partial charge in [0.15, 0.2) is 0 Å². The number of hydrogen-bond donors (Lipinski definition) is 0. The third kappa shape index (κ3) is 3.49. The van der Waals surface area contributed by atoms with E-state index in [2.05, 4.69) is 4.79 Å². The SMILES string of the molecule is CC(=O)C(=[N+]=[N-])C(=O)OC(C)(C(C)C)C(C)C. The maximum Gasteiger partial charge on any atom is 0.441 e. The van der Waals surface area contributed by atoms with Gasteiger partial charge in [0, 0.05) is 6.92 Å². The van der Waals surface area contributed by atoms with Crippen LogP contribution < -0.4 is 0 Å². The van der Waals surface area contributed by atoms with Crippen LogP contribution in [-0.4, -0.2) is 27.9 Å². The zero-order valence-electron chi connectivity index (χ0n) is 11.3. The van der Waals surface area contributed by atoms with Crippen LogP contribution in [0.2, 0.25) is 0 Å². The van der Waals surface area contributed by atoms with Crippen molar-refractivity contribution in [2.75, 3.05) is 0 Å². The lowest BCUT2D eigenvalue weighted by Crippen LogP contribution is -2.44. The first-order valence-electron chi connectivity index (χ1n) is 5.63. The van der Waals surface area contributed by atoms with Gasteiger partial charge >= 0.3 is 11.7 Å². The summed E-state index contributed by atoms with van der Waals surface area (Å²) in [6.45, 7) is 10.7. The molecule has 0 spiro atoms. The molecule has 0 unspecified atom stereocenters. The first kappa shape index (κ1) is 15.5. The van der Waals surface area contributed by atoms with E-state index in [1.165, 1.54) is 0 Å². The number of hydrogen-bond acceptors (Lipinski definition) is 3. The molecule has 0 aromatic heterocycles. The van der Waals surface area contributed by atoms with E-state index in [1.54, 1.807) is 6.92 Å².